The molecule has 0 radical (unpaired) electrons. The highest BCUT2D eigenvalue weighted by Gasteiger charge is 2.13. The molecule has 0 bridgehead atoms. The van der Waals surface area contributed by atoms with Gasteiger partial charge in [-0.05, 0) is 30.3 Å². The molecule has 3 N–H and O–H groups in total. The zero-order valence-electron chi connectivity index (χ0n) is 14.2. The molecule has 2 heterocycles. The van der Waals surface area contributed by atoms with Crippen molar-refractivity contribution in [3.05, 3.63) is 78.6 Å². The van der Waals surface area contributed by atoms with Crippen molar-refractivity contribution >= 4 is 40.1 Å². The summed E-state index contributed by atoms with van der Waals surface area (Å²) in [5, 5.41) is 9.52. The first kappa shape index (κ1) is 17.0. The fourth-order valence-corrected chi connectivity index (χ4v) is 3.69. The minimum absolute atomic E-state index is 0.241. The van der Waals surface area contributed by atoms with Crippen molar-refractivity contribution < 1.29 is 4.79 Å². The summed E-state index contributed by atoms with van der Waals surface area (Å²) in [5.74, 6) is 0.428. The first-order valence-electron chi connectivity index (χ1n) is 8.22. The number of anilines is 1. The van der Waals surface area contributed by atoms with Gasteiger partial charge >= 0.3 is 5.91 Å². The largest absolute Gasteiger partial charge is 0.385 e. The average molecular weight is 373 g/mol. The van der Waals surface area contributed by atoms with Crippen LogP contribution in [0.5, 0.6) is 0 Å². The average Bonchev–Trinajstić information content (AvgIpc) is 3.04. The van der Waals surface area contributed by atoms with E-state index in [1.165, 1.54) is 6.20 Å². The number of azo groups is 1. The lowest BCUT2D eigenvalue weighted by Crippen LogP contribution is -1.96. The van der Waals surface area contributed by atoms with Gasteiger partial charge in [-0.15, -0.1) is 10.2 Å². The van der Waals surface area contributed by atoms with Crippen molar-refractivity contribution in [1.82, 2.24) is 9.97 Å². The van der Waals surface area contributed by atoms with Gasteiger partial charge < -0.3 is 10.7 Å². The van der Waals surface area contributed by atoms with E-state index >= 15 is 0 Å². The molecule has 6 nitrogen and oxygen atoms in total. The van der Waals surface area contributed by atoms with Gasteiger partial charge in [0.25, 0.3) is 0 Å². The maximum Gasteiger partial charge on any atom is 0.313 e. The fraction of sp³-hybridized carbons (Fsp3) is 0. The topological polar surface area (TPSA) is 96.5 Å². The van der Waals surface area contributed by atoms with Gasteiger partial charge in [-0.3, -0.25) is 9.78 Å². The number of fused-ring (bicyclic) bond motifs is 1. The number of carbonyl (C=O) groups excluding carboxylic acids is 1. The lowest BCUT2D eigenvalue weighted by atomic mass is 10.2. The molecule has 132 valence electrons. The molecule has 0 aliphatic carbocycles. The molecule has 0 saturated heterocycles. The third kappa shape index (κ3) is 3.58. The van der Waals surface area contributed by atoms with Gasteiger partial charge in [-0.2, -0.15) is 0 Å². The molecule has 0 unspecified atom stereocenters. The van der Waals surface area contributed by atoms with Crippen LogP contribution in [-0.4, -0.2) is 15.9 Å². The zero-order valence-corrected chi connectivity index (χ0v) is 15.0. The predicted molar refractivity (Wildman–Crippen MR) is 106 cm³/mol. The number of nitrogens with zero attached hydrogens (tertiary/aromatic N) is 3. The Labute approximate surface area is 159 Å². The number of aromatic amines is 1. The molecule has 2 aromatic heterocycles. The van der Waals surface area contributed by atoms with Gasteiger partial charge in [0.15, 0.2) is 5.82 Å². The molecule has 7 heteroatoms. The molecular formula is C20H15N5OS. The number of H-pyrrole nitrogens is 1. The zero-order chi connectivity index (χ0) is 18.6. The Morgan fingerprint density at radius 1 is 1.00 bits per heavy atom. The summed E-state index contributed by atoms with van der Waals surface area (Å²) in [6, 6.07) is 20.9. The summed E-state index contributed by atoms with van der Waals surface area (Å²) >= 11 is 1.62. The smallest absolute Gasteiger partial charge is 0.313 e. The van der Waals surface area contributed by atoms with E-state index in [0.717, 1.165) is 20.6 Å². The van der Waals surface area contributed by atoms with Gasteiger partial charge in [-0.25, -0.2) is 0 Å². The molecule has 0 atom stereocenters. The number of hydrogen-bond acceptors (Lipinski definition) is 5. The monoisotopic (exact) mass is 373 g/mol. The third-order valence-corrected chi connectivity index (χ3v) is 4.97. The standard InChI is InChI=1S/C20H15N5OS/c21-18-17-14(9-6-11-16(17)27-13-7-2-1-3-8-13)19(23-18)24-25-20(26)15-10-4-5-12-22-15/h1-12,23H,21H2. The number of nitrogen functional groups attached to an aromatic ring is 1. The van der Waals surface area contributed by atoms with E-state index in [1.54, 1.807) is 30.0 Å². The lowest BCUT2D eigenvalue weighted by molar-refractivity contribution is 0.0990. The number of pyridine rings is 1. The summed E-state index contributed by atoms with van der Waals surface area (Å²) in [5.41, 5.74) is 6.42. The second-order valence-corrected chi connectivity index (χ2v) is 6.82. The predicted octanol–water partition coefficient (Wildman–Crippen LogP) is 5.22. The Kier molecular flexibility index (Phi) is 4.67. The van der Waals surface area contributed by atoms with Crippen LogP contribution in [0, 0.1) is 0 Å². The van der Waals surface area contributed by atoms with E-state index in [1.807, 2.05) is 48.5 Å². The Bertz CT molecular complexity index is 1120. The Balaban J connectivity index is 1.68. The number of amides is 1. The quantitative estimate of drug-likeness (QED) is 0.479. The molecule has 0 fully saturated rings. The van der Waals surface area contributed by atoms with Gasteiger partial charge in [0.2, 0.25) is 0 Å². The van der Waals surface area contributed by atoms with Crippen LogP contribution in [0.2, 0.25) is 0 Å². The van der Waals surface area contributed by atoms with Crippen molar-refractivity contribution in [2.24, 2.45) is 10.2 Å². The van der Waals surface area contributed by atoms with E-state index in [-0.39, 0.29) is 5.69 Å². The van der Waals surface area contributed by atoms with Crippen LogP contribution in [0.3, 0.4) is 0 Å². The van der Waals surface area contributed by atoms with Crippen LogP contribution in [0.1, 0.15) is 10.5 Å². The normalized spacial score (nSPS) is 11.3. The number of nitrogens with two attached hydrogens (primary N) is 1. The van der Waals surface area contributed by atoms with E-state index in [9.17, 15) is 4.79 Å². The Hall–Kier alpha value is -3.45. The van der Waals surface area contributed by atoms with Crippen molar-refractivity contribution in [3.8, 4) is 0 Å². The minimum atomic E-state index is -0.508. The lowest BCUT2D eigenvalue weighted by Gasteiger charge is -2.04. The van der Waals surface area contributed by atoms with Crippen molar-refractivity contribution in [2.75, 3.05) is 5.73 Å². The number of hydrogen-bond donors (Lipinski definition) is 2. The highest BCUT2D eigenvalue weighted by atomic mass is 32.2. The summed E-state index contributed by atoms with van der Waals surface area (Å²) in [6.07, 6.45) is 1.54. The van der Waals surface area contributed by atoms with E-state index in [2.05, 4.69) is 20.2 Å². The van der Waals surface area contributed by atoms with E-state index in [0.29, 0.717) is 11.6 Å². The molecule has 0 saturated carbocycles. The molecule has 0 aliphatic rings. The maximum absolute atomic E-state index is 12.1. The van der Waals surface area contributed by atoms with Crippen LogP contribution >= 0.6 is 11.8 Å². The third-order valence-electron chi connectivity index (χ3n) is 3.90. The highest BCUT2D eigenvalue weighted by molar-refractivity contribution is 7.99. The first-order chi connectivity index (χ1) is 13.2. The number of aromatic nitrogens is 2. The van der Waals surface area contributed by atoms with E-state index in [4.69, 9.17) is 5.73 Å². The minimum Gasteiger partial charge on any atom is -0.385 e. The summed E-state index contributed by atoms with van der Waals surface area (Å²) in [6.45, 7) is 0. The molecule has 0 spiro atoms. The van der Waals surface area contributed by atoms with E-state index < -0.39 is 5.91 Å². The molecule has 4 rings (SSSR count). The molecule has 27 heavy (non-hydrogen) atoms. The molecule has 1 amide bonds. The molecule has 2 aromatic carbocycles. The van der Waals surface area contributed by atoms with Crippen LogP contribution in [0.25, 0.3) is 10.8 Å². The van der Waals surface area contributed by atoms with Crippen LogP contribution in [0.4, 0.5) is 11.6 Å². The second kappa shape index (κ2) is 7.43. The highest BCUT2D eigenvalue weighted by Crippen LogP contribution is 2.40. The second-order valence-electron chi connectivity index (χ2n) is 5.70. The van der Waals surface area contributed by atoms with Crippen molar-refractivity contribution in [1.29, 1.82) is 0 Å². The molecule has 4 aromatic rings. The molecule has 0 aliphatic heterocycles. The fourth-order valence-electron chi connectivity index (χ4n) is 2.68. The van der Waals surface area contributed by atoms with Crippen LogP contribution < -0.4 is 5.73 Å². The SMILES string of the molecule is Nc1[nH]c(N=NC(=O)c2ccccn2)c2cccc(Sc3ccccc3)c12. The maximum atomic E-state index is 12.1. The summed E-state index contributed by atoms with van der Waals surface area (Å²) < 4.78 is 0. The van der Waals surface area contributed by atoms with Gasteiger partial charge in [0.05, 0.1) is 0 Å². The summed E-state index contributed by atoms with van der Waals surface area (Å²) in [4.78, 5) is 21.2. The first-order valence-corrected chi connectivity index (χ1v) is 9.04. The number of rotatable bonds is 4. The Morgan fingerprint density at radius 3 is 2.59 bits per heavy atom. The van der Waals surface area contributed by atoms with Crippen molar-refractivity contribution in [2.45, 2.75) is 9.79 Å². The van der Waals surface area contributed by atoms with Gasteiger partial charge in [0, 0.05) is 26.8 Å². The van der Waals surface area contributed by atoms with Crippen LogP contribution in [-0.2, 0) is 0 Å². The molecular weight excluding hydrogens is 358 g/mol. The number of nitrogens with one attached hydrogen (secondary N) is 1. The summed E-state index contributed by atoms with van der Waals surface area (Å²) in [7, 11) is 0. The van der Waals surface area contributed by atoms with Crippen molar-refractivity contribution in [3.63, 3.8) is 0 Å². The Morgan fingerprint density at radius 2 is 1.81 bits per heavy atom. The number of carbonyl (C=O) groups is 1. The van der Waals surface area contributed by atoms with Gasteiger partial charge in [0.1, 0.15) is 11.5 Å². The van der Waals surface area contributed by atoms with Gasteiger partial charge in [-0.1, -0.05) is 48.2 Å². The van der Waals surface area contributed by atoms with Crippen LogP contribution in [0.15, 0.2) is 92.9 Å². The number of benzene rings is 2.